The molecule has 1 aliphatic heterocycles. The lowest BCUT2D eigenvalue weighted by Crippen LogP contribution is -2.50. The average Bonchev–Trinajstić information content (AvgIpc) is 3.11. The van der Waals surface area contributed by atoms with Crippen LogP contribution in [0.4, 0.5) is 0 Å². The predicted molar refractivity (Wildman–Crippen MR) is 104 cm³/mol. The lowest BCUT2D eigenvalue weighted by molar-refractivity contribution is 0.0533. The summed E-state index contributed by atoms with van der Waals surface area (Å²) in [4.78, 5) is 32.1. The van der Waals surface area contributed by atoms with Crippen LogP contribution < -0.4 is 0 Å². The number of H-pyrrole nitrogens is 1. The highest BCUT2D eigenvalue weighted by molar-refractivity contribution is 9.10. The van der Waals surface area contributed by atoms with Crippen LogP contribution in [0.3, 0.4) is 0 Å². The van der Waals surface area contributed by atoms with E-state index in [1.54, 1.807) is 9.80 Å². The third-order valence-electron chi connectivity index (χ3n) is 4.69. The molecule has 0 unspecified atom stereocenters. The van der Waals surface area contributed by atoms with Gasteiger partial charge in [-0.2, -0.15) is 0 Å². The molecule has 26 heavy (non-hydrogen) atoms. The Labute approximate surface area is 159 Å². The number of aromatic amines is 1. The van der Waals surface area contributed by atoms with E-state index in [0.717, 1.165) is 15.4 Å². The summed E-state index contributed by atoms with van der Waals surface area (Å²) < 4.78 is 0.885. The Bertz CT molecular complexity index is 941. The number of carbonyl (C=O) groups excluding carboxylic acids is 2. The number of nitrogens with one attached hydrogen (secondary N) is 1. The van der Waals surface area contributed by atoms with Gasteiger partial charge in [0.15, 0.2) is 0 Å². The van der Waals surface area contributed by atoms with E-state index in [1.807, 2.05) is 54.6 Å². The van der Waals surface area contributed by atoms with Crippen molar-refractivity contribution < 1.29 is 9.59 Å². The first-order valence-corrected chi connectivity index (χ1v) is 9.33. The van der Waals surface area contributed by atoms with Gasteiger partial charge in [-0.3, -0.25) is 9.59 Å². The Kier molecular flexibility index (Phi) is 4.51. The smallest absolute Gasteiger partial charge is 0.270 e. The van der Waals surface area contributed by atoms with Gasteiger partial charge in [0, 0.05) is 47.1 Å². The predicted octanol–water partition coefficient (Wildman–Crippen LogP) is 3.53. The van der Waals surface area contributed by atoms with Gasteiger partial charge in [-0.15, -0.1) is 0 Å². The number of halogens is 1. The molecule has 0 spiro atoms. The molecular formula is C20H18BrN3O2. The number of rotatable bonds is 2. The monoisotopic (exact) mass is 411 g/mol. The minimum absolute atomic E-state index is 0.00371. The van der Waals surface area contributed by atoms with Crippen LogP contribution in [0, 0.1) is 0 Å². The van der Waals surface area contributed by atoms with Crippen molar-refractivity contribution in [2.24, 2.45) is 0 Å². The van der Waals surface area contributed by atoms with E-state index in [4.69, 9.17) is 0 Å². The second-order valence-electron chi connectivity index (χ2n) is 6.37. The average molecular weight is 412 g/mol. The molecule has 2 amide bonds. The minimum Gasteiger partial charge on any atom is -0.351 e. The summed E-state index contributed by atoms with van der Waals surface area (Å²) >= 11 is 3.40. The van der Waals surface area contributed by atoms with Crippen molar-refractivity contribution in [2.75, 3.05) is 26.2 Å². The Morgan fingerprint density at radius 2 is 1.54 bits per heavy atom. The van der Waals surface area contributed by atoms with Gasteiger partial charge in [0.1, 0.15) is 5.69 Å². The molecule has 1 N–H and O–H groups in total. The highest BCUT2D eigenvalue weighted by Gasteiger charge is 2.26. The summed E-state index contributed by atoms with van der Waals surface area (Å²) in [6.45, 7) is 2.15. The number of hydrogen-bond acceptors (Lipinski definition) is 2. The maximum absolute atomic E-state index is 12.7. The second-order valence-corrected chi connectivity index (χ2v) is 7.28. The minimum atomic E-state index is -0.0178. The van der Waals surface area contributed by atoms with Crippen LogP contribution in [0.25, 0.3) is 10.9 Å². The Hall–Kier alpha value is -2.60. The first-order chi connectivity index (χ1) is 12.6. The van der Waals surface area contributed by atoms with Crippen molar-refractivity contribution in [1.29, 1.82) is 0 Å². The maximum atomic E-state index is 12.7. The lowest BCUT2D eigenvalue weighted by Gasteiger charge is -2.34. The van der Waals surface area contributed by atoms with Gasteiger partial charge in [0.2, 0.25) is 0 Å². The fourth-order valence-electron chi connectivity index (χ4n) is 3.28. The molecule has 2 aromatic carbocycles. The fourth-order valence-corrected chi connectivity index (χ4v) is 3.67. The molecule has 1 aromatic heterocycles. The first-order valence-electron chi connectivity index (χ1n) is 8.54. The quantitative estimate of drug-likeness (QED) is 0.700. The summed E-state index contributed by atoms with van der Waals surface area (Å²) in [7, 11) is 0. The van der Waals surface area contributed by atoms with E-state index < -0.39 is 0 Å². The van der Waals surface area contributed by atoms with Gasteiger partial charge >= 0.3 is 0 Å². The SMILES string of the molecule is O=C(c1cccc(Br)c1)N1CCN(C(=O)c2cc3ccccc3[nH]2)CC1. The van der Waals surface area contributed by atoms with Crippen LogP contribution in [-0.2, 0) is 0 Å². The number of amides is 2. The summed E-state index contributed by atoms with van der Waals surface area (Å²) in [6, 6.07) is 17.1. The van der Waals surface area contributed by atoms with Crippen LogP contribution in [0.2, 0.25) is 0 Å². The summed E-state index contributed by atoms with van der Waals surface area (Å²) in [5.41, 5.74) is 2.21. The molecule has 0 radical (unpaired) electrons. The van der Waals surface area contributed by atoms with Crippen molar-refractivity contribution in [3.63, 3.8) is 0 Å². The lowest BCUT2D eigenvalue weighted by atomic mass is 10.2. The molecule has 1 saturated heterocycles. The zero-order valence-corrected chi connectivity index (χ0v) is 15.7. The van der Waals surface area contributed by atoms with Crippen LogP contribution >= 0.6 is 15.9 Å². The summed E-state index contributed by atoms with van der Waals surface area (Å²) in [5.74, 6) is -0.0141. The topological polar surface area (TPSA) is 56.4 Å². The number of hydrogen-bond donors (Lipinski definition) is 1. The van der Waals surface area contributed by atoms with Crippen molar-refractivity contribution in [2.45, 2.75) is 0 Å². The van der Waals surface area contributed by atoms with Crippen molar-refractivity contribution in [1.82, 2.24) is 14.8 Å². The van der Waals surface area contributed by atoms with E-state index in [1.165, 1.54) is 0 Å². The zero-order chi connectivity index (χ0) is 18.1. The molecule has 0 atom stereocenters. The van der Waals surface area contributed by atoms with Gasteiger partial charge in [-0.05, 0) is 30.3 Å². The molecular weight excluding hydrogens is 394 g/mol. The van der Waals surface area contributed by atoms with Crippen molar-refractivity contribution in [3.05, 3.63) is 70.3 Å². The summed E-state index contributed by atoms with van der Waals surface area (Å²) in [5, 5.41) is 1.03. The van der Waals surface area contributed by atoms with Gasteiger partial charge in [0.05, 0.1) is 0 Å². The fraction of sp³-hybridized carbons (Fsp3) is 0.200. The van der Waals surface area contributed by atoms with Crippen LogP contribution in [0.5, 0.6) is 0 Å². The molecule has 0 saturated carbocycles. The number of aromatic nitrogens is 1. The molecule has 4 rings (SSSR count). The number of nitrogens with zero attached hydrogens (tertiary/aromatic N) is 2. The van der Waals surface area contributed by atoms with E-state index >= 15 is 0 Å². The largest absolute Gasteiger partial charge is 0.351 e. The van der Waals surface area contributed by atoms with Gasteiger partial charge in [-0.1, -0.05) is 40.2 Å². The summed E-state index contributed by atoms with van der Waals surface area (Å²) in [6.07, 6.45) is 0. The molecule has 0 aliphatic carbocycles. The van der Waals surface area contributed by atoms with E-state index in [2.05, 4.69) is 20.9 Å². The molecule has 1 fully saturated rings. The number of benzene rings is 2. The molecule has 3 aromatic rings. The molecule has 132 valence electrons. The van der Waals surface area contributed by atoms with Crippen LogP contribution in [-0.4, -0.2) is 52.8 Å². The van der Waals surface area contributed by atoms with E-state index in [0.29, 0.717) is 37.4 Å². The number of para-hydroxylation sites is 1. The van der Waals surface area contributed by atoms with Crippen molar-refractivity contribution >= 4 is 38.6 Å². The van der Waals surface area contributed by atoms with Gasteiger partial charge in [-0.25, -0.2) is 0 Å². The normalized spacial score (nSPS) is 14.7. The molecule has 6 heteroatoms. The van der Waals surface area contributed by atoms with Crippen LogP contribution in [0.15, 0.2) is 59.1 Å². The van der Waals surface area contributed by atoms with Crippen molar-refractivity contribution in [3.8, 4) is 0 Å². The van der Waals surface area contributed by atoms with Gasteiger partial charge in [0.25, 0.3) is 11.8 Å². The van der Waals surface area contributed by atoms with E-state index in [9.17, 15) is 9.59 Å². The second kappa shape index (κ2) is 6.96. The maximum Gasteiger partial charge on any atom is 0.270 e. The Balaban J connectivity index is 1.43. The number of fused-ring (bicyclic) bond motifs is 1. The standard InChI is InChI=1S/C20H18BrN3O2/c21-16-6-3-5-15(12-16)19(25)23-8-10-24(11-9-23)20(26)18-13-14-4-1-2-7-17(14)22-18/h1-7,12-13,22H,8-11H2. The number of carbonyl (C=O) groups is 2. The molecule has 2 heterocycles. The Morgan fingerprint density at radius 3 is 2.23 bits per heavy atom. The molecule has 1 aliphatic rings. The molecule has 0 bridgehead atoms. The zero-order valence-electron chi connectivity index (χ0n) is 14.1. The van der Waals surface area contributed by atoms with Gasteiger partial charge < -0.3 is 14.8 Å². The Morgan fingerprint density at radius 1 is 0.846 bits per heavy atom. The van der Waals surface area contributed by atoms with E-state index in [-0.39, 0.29) is 11.8 Å². The third kappa shape index (κ3) is 3.24. The first kappa shape index (κ1) is 16.8. The number of piperazine rings is 1. The molecule has 5 nitrogen and oxygen atoms in total. The highest BCUT2D eigenvalue weighted by atomic mass is 79.9. The van der Waals surface area contributed by atoms with Crippen LogP contribution in [0.1, 0.15) is 20.8 Å². The highest BCUT2D eigenvalue weighted by Crippen LogP contribution is 2.18. The third-order valence-corrected chi connectivity index (χ3v) is 5.18.